The van der Waals surface area contributed by atoms with Gasteiger partial charge in [0.15, 0.2) is 5.78 Å². The number of urea groups is 1. The van der Waals surface area contributed by atoms with Crippen LogP contribution in [-0.4, -0.2) is 45.6 Å². The van der Waals surface area contributed by atoms with E-state index in [1.807, 2.05) is 30.3 Å². The summed E-state index contributed by atoms with van der Waals surface area (Å²) < 4.78 is 27.1. The van der Waals surface area contributed by atoms with Crippen molar-refractivity contribution in [1.82, 2.24) is 15.2 Å². The summed E-state index contributed by atoms with van der Waals surface area (Å²) in [4.78, 5) is 43.4. The Bertz CT molecular complexity index is 1260. The number of alkyl halides is 2. The smallest absolute Gasteiger partial charge is 0.323 e. The molecule has 1 saturated heterocycles. The van der Waals surface area contributed by atoms with E-state index in [-0.39, 0.29) is 12.8 Å². The first kappa shape index (κ1) is 21.2. The zero-order valence-corrected chi connectivity index (χ0v) is 17.7. The molecule has 168 valence electrons. The van der Waals surface area contributed by atoms with Gasteiger partial charge >= 0.3 is 6.03 Å². The maximum absolute atomic E-state index is 13.5. The fraction of sp³-hybridized carbons (Fsp3) is 0.280. The number of fused-ring (bicyclic) bond motifs is 1. The summed E-state index contributed by atoms with van der Waals surface area (Å²) in [6.45, 7) is -0.433. The van der Waals surface area contributed by atoms with E-state index in [0.29, 0.717) is 5.56 Å². The van der Waals surface area contributed by atoms with E-state index in [1.165, 1.54) is 0 Å². The average Bonchev–Trinajstić information content (AvgIpc) is 3.05. The number of para-hydroxylation sites is 1. The number of halogens is 2. The highest BCUT2D eigenvalue weighted by molar-refractivity contribution is 6.11. The van der Waals surface area contributed by atoms with Crippen molar-refractivity contribution in [3.05, 3.63) is 66.4 Å². The number of carbonyl (C=O) groups is 3. The second kappa shape index (κ2) is 7.72. The highest BCUT2D eigenvalue weighted by Crippen LogP contribution is 2.41. The van der Waals surface area contributed by atoms with Crippen LogP contribution in [0.25, 0.3) is 22.0 Å². The summed E-state index contributed by atoms with van der Waals surface area (Å²) in [5.74, 6) is -3.84. The van der Waals surface area contributed by atoms with E-state index in [1.54, 1.807) is 30.5 Å². The maximum Gasteiger partial charge on any atom is 0.325 e. The van der Waals surface area contributed by atoms with E-state index < -0.39 is 48.6 Å². The molecule has 3 amide bonds. The Labute approximate surface area is 188 Å². The van der Waals surface area contributed by atoms with Crippen molar-refractivity contribution in [3.8, 4) is 11.1 Å². The van der Waals surface area contributed by atoms with Gasteiger partial charge in [-0.1, -0.05) is 48.5 Å². The minimum absolute atomic E-state index is 0.136. The van der Waals surface area contributed by atoms with Crippen molar-refractivity contribution in [2.75, 3.05) is 6.54 Å². The molecule has 8 heteroatoms. The van der Waals surface area contributed by atoms with Crippen molar-refractivity contribution in [2.45, 2.75) is 37.1 Å². The largest absolute Gasteiger partial charge is 0.325 e. The van der Waals surface area contributed by atoms with Crippen molar-refractivity contribution >= 4 is 28.6 Å². The number of rotatable bonds is 4. The van der Waals surface area contributed by atoms with E-state index in [4.69, 9.17) is 0 Å². The molecule has 0 unspecified atom stereocenters. The van der Waals surface area contributed by atoms with Gasteiger partial charge < -0.3 is 5.32 Å². The average molecular weight is 449 g/mol. The summed E-state index contributed by atoms with van der Waals surface area (Å²) in [6.07, 6.45) is 0.519. The van der Waals surface area contributed by atoms with Crippen LogP contribution in [0.2, 0.25) is 0 Å². The molecule has 2 aromatic carbocycles. The van der Waals surface area contributed by atoms with Gasteiger partial charge in [0.2, 0.25) is 5.92 Å². The fourth-order valence-electron chi connectivity index (χ4n) is 4.61. The Morgan fingerprint density at radius 1 is 0.970 bits per heavy atom. The number of nitrogens with one attached hydrogen (secondary N) is 1. The van der Waals surface area contributed by atoms with Crippen LogP contribution >= 0.6 is 0 Å². The zero-order chi connectivity index (χ0) is 23.2. The number of aromatic nitrogens is 1. The molecular formula is C25H21F2N3O3. The standard InChI is InChI=1S/C25H21F2N3O3/c26-25(27)12-10-24(11-13-25)22(32)30(23(33)29-24)15-20(31)17-8-6-16(7-9-17)19-5-1-3-18-4-2-14-28-21(18)19/h1-9,14H,10-13,15H2,(H,29,33). The van der Waals surface area contributed by atoms with Crippen LogP contribution in [0.4, 0.5) is 13.6 Å². The Morgan fingerprint density at radius 3 is 2.39 bits per heavy atom. The Balaban J connectivity index is 1.32. The molecule has 1 aliphatic carbocycles. The first-order valence-corrected chi connectivity index (χ1v) is 10.8. The lowest BCUT2D eigenvalue weighted by Gasteiger charge is -2.34. The quantitative estimate of drug-likeness (QED) is 0.467. The normalized spacial score (nSPS) is 19.2. The highest BCUT2D eigenvalue weighted by Gasteiger charge is 2.55. The van der Waals surface area contributed by atoms with Crippen LogP contribution in [0.1, 0.15) is 36.0 Å². The number of benzene rings is 2. The number of amides is 3. The number of hydrogen-bond acceptors (Lipinski definition) is 4. The highest BCUT2D eigenvalue weighted by atomic mass is 19.3. The fourth-order valence-corrected chi connectivity index (χ4v) is 4.61. The Hall–Kier alpha value is -3.68. The molecule has 1 aromatic heterocycles. The van der Waals surface area contributed by atoms with Gasteiger partial charge in [-0.05, 0) is 24.5 Å². The first-order chi connectivity index (χ1) is 15.8. The molecular weight excluding hydrogens is 428 g/mol. The molecule has 3 aromatic rings. The van der Waals surface area contributed by atoms with Crippen LogP contribution < -0.4 is 5.32 Å². The lowest BCUT2D eigenvalue weighted by molar-refractivity contribution is -0.135. The van der Waals surface area contributed by atoms with Crippen molar-refractivity contribution < 1.29 is 23.2 Å². The van der Waals surface area contributed by atoms with Crippen LogP contribution in [0.15, 0.2) is 60.8 Å². The summed E-state index contributed by atoms with van der Waals surface area (Å²) in [5, 5.41) is 3.56. The van der Waals surface area contributed by atoms with Crippen LogP contribution in [0.5, 0.6) is 0 Å². The van der Waals surface area contributed by atoms with Crippen LogP contribution in [0, 0.1) is 0 Å². The second-order valence-corrected chi connectivity index (χ2v) is 8.64. The van der Waals surface area contributed by atoms with Gasteiger partial charge in [-0.3, -0.25) is 19.5 Å². The summed E-state index contributed by atoms with van der Waals surface area (Å²) >= 11 is 0. The molecule has 0 bridgehead atoms. The number of Topliss-reactive ketones (excluding diaryl/α,β-unsaturated/α-hetero) is 1. The molecule has 1 saturated carbocycles. The number of carbonyl (C=O) groups excluding carboxylic acids is 3. The number of nitrogens with zero attached hydrogens (tertiary/aromatic N) is 2. The third-order valence-electron chi connectivity index (χ3n) is 6.53. The number of imide groups is 1. The monoisotopic (exact) mass is 449 g/mol. The molecule has 6 nitrogen and oxygen atoms in total. The molecule has 0 radical (unpaired) electrons. The number of ketones is 1. The van der Waals surface area contributed by atoms with Crippen molar-refractivity contribution in [2.24, 2.45) is 0 Å². The van der Waals surface area contributed by atoms with Crippen LogP contribution in [0.3, 0.4) is 0 Å². The van der Waals surface area contributed by atoms with Gasteiger partial charge in [0, 0.05) is 35.6 Å². The van der Waals surface area contributed by atoms with Gasteiger partial charge in [-0.2, -0.15) is 0 Å². The third kappa shape index (κ3) is 3.75. The molecule has 1 aliphatic heterocycles. The van der Waals surface area contributed by atoms with Gasteiger partial charge in [-0.15, -0.1) is 0 Å². The predicted octanol–water partition coefficient (Wildman–Crippen LogP) is 4.58. The van der Waals surface area contributed by atoms with Gasteiger partial charge in [-0.25, -0.2) is 13.6 Å². The van der Waals surface area contributed by atoms with Crippen molar-refractivity contribution in [3.63, 3.8) is 0 Å². The SMILES string of the molecule is O=C(CN1C(=O)NC2(CCC(F)(F)CC2)C1=O)c1ccc(-c2cccc3cccnc23)cc1. The maximum atomic E-state index is 13.5. The van der Waals surface area contributed by atoms with Gasteiger partial charge in [0.1, 0.15) is 5.54 Å². The topological polar surface area (TPSA) is 79.4 Å². The molecule has 2 aliphatic rings. The summed E-state index contributed by atoms with van der Waals surface area (Å²) in [5.41, 5.74) is 1.68. The minimum Gasteiger partial charge on any atom is -0.323 e. The lowest BCUT2D eigenvalue weighted by atomic mass is 9.80. The lowest BCUT2D eigenvalue weighted by Crippen LogP contribution is -2.51. The minimum atomic E-state index is -2.83. The van der Waals surface area contributed by atoms with E-state index in [2.05, 4.69) is 10.3 Å². The van der Waals surface area contributed by atoms with E-state index in [0.717, 1.165) is 26.9 Å². The van der Waals surface area contributed by atoms with Crippen molar-refractivity contribution in [1.29, 1.82) is 0 Å². The number of pyridine rings is 1. The third-order valence-corrected chi connectivity index (χ3v) is 6.53. The van der Waals surface area contributed by atoms with E-state index >= 15 is 0 Å². The Kier molecular flexibility index (Phi) is 4.96. The van der Waals surface area contributed by atoms with Crippen LogP contribution in [-0.2, 0) is 4.79 Å². The predicted molar refractivity (Wildman–Crippen MR) is 118 cm³/mol. The van der Waals surface area contributed by atoms with Gasteiger partial charge in [0.05, 0.1) is 12.1 Å². The molecule has 2 fully saturated rings. The molecule has 0 atom stereocenters. The molecule has 33 heavy (non-hydrogen) atoms. The molecule has 2 heterocycles. The zero-order valence-electron chi connectivity index (χ0n) is 17.7. The summed E-state index contributed by atoms with van der Waals surface area (Å²) in [7, 11) is 0. The van der Waals surface area contributed by atoms with E-state index in [9.17, 15) is 23.2 Å². The molecule has 5 rings (SSSR count). The molecule has 1 N–H and O–H groups in total. The number of hydrogen-bond donors (Lipinski definition) is 1. The Morgan fingerprint density at radius 2 is 1.67 bits per heavy atom. The summed E-state index contributed by atoms with van der Waals surface area (Å²) in [6, 6.07) is 15.9. The second-order valence-electron chi connectivity index (χ2n) is 8.64. The van der Waals surface area contributed by atoms with Gasteiger partial charge in [0.25, 0.3) is 5.91 Å². The first-order valence-electron chi connectivity index (χ1n) is 10.8. The molecule has 1 spiro atoms.